The predicted octanol–water partition coefficient (Wildman–Crippen LogP) is 4.80. The zero-order valence-electron chi connectivity index (χ0n) is 12.2. The van der Waals surface area contributed by atoms with E-state index in [1.807, 2.05) is 18.2 Å². The molecule has 0 bridgehead atoms. The van der Waals surface area contributed by atoms with Crippen LogP contribution in [0, 0.1) is 0 Å². The summed E-state index contributed by atoms with van der Waals surface area (Å²) in [5.74, 6) is 0.461. The maximum atomic E-state index is 12.1. The predicted molar refractivity (Wildman–Crippen MR) is 97.9 cm³/mol. The Morgan fingerprint density at radius 3 is 2.43 bits per heavy atom. The number of halogens is 2. The van der Waals surface area contributed by atoms with Crippen LogP contribution in [0.25, 0.3) is 0 Å². The third-order valence-electron chi connectivity index (χ3n) is 3.47. The first-order chi connectivity index (χ1) is 11.1. The van der Waals surface area contributed by atoms with Crippen molar-refractivity contribution in [2.45, 2.75) is 6.42 Å². The van der Waals surface area contributed by atoms with Crippen molar-refractivity contribution in [1.82, 2.24) is 4.90 Å². The van der Waals surface area contributed by atoms with Crippen molar-refractivity contribution in [2.24, 2.45) is 4.99 Å². The summed E-state index contributed by atoms with van der Waals surface area (Å²) in [5.41, 5.74) is 1.70. The molecule has 0 N–H and O–H groups in total. The lowest BCUT2D eigenvalue weighted by molar-refractivity contribution is -0.124. The van der Waals surface area contributed by atoms with Crippen LogP contribution in [0.15, 0.2) is 53.5 Å². The monoisotopic (exact) mass is 364 g/mol. The second-order valence-electron chi connectivity index (χ2n) is 5.03. The van der Waals surface area contributed by atoms with Crippen LogP contribution in [0.5, 0.6) is 0 Å². The van der Waals surface area contributed by atoms with Gasteiger partial charge in [0, 0.05) is 6.54 Å². The summed E-state index contributed by atoms with van der Waals surface area (Å²) in [6.45, 7) is 0.594. The molecule has 0 saturated carbocycles. The van der Waals surface area contributed by atoms with Gasteiger partial charge in [0.1, 0.15) is 5.69 Å². The Labute approximate surface area is 149 Å². The van der Waals surface area contributed by atoms with Crippen LogP contribution in [-0.4, -0.2) is 28.3 Å². The van der Waals surface area contributed by atoms with Gasteiger partial charge in [0.15, 0.2) is 5.17 Å². The van der Waals surface area contributed by atoms with E-state index in [0.29, 0.717) is 33.2 Å². The minimum Gasteiger partial charge on any atom is -0.290 e. The number of amidine groups is 1. The summed E-state index contributed by atoms with van der Waals surface area (Å²) in [6, 6.07) is 15.3. The maximum absolute atomic E-state index is 12.1. The van der Waals surface area contributed by atoms with Crippen molar-refractivity contribution in [2.75, 3.05) is 12.3 Å². The Kier molecular flexibility index (Phi) is 5.26. The Bertz CT molecular complexity index is 729. The number of carbonyl (C=O) groups excluding carboxylic acids is 1. The smallest absolute Gasteiger partial charge is 0.239 e. The molecule has 1 amide bonds. The van der Waals surface area contributed by atoms with Crippen LogP contribution in [0.3, 0.4) is 0 Å². The molecule has 1 saturated heterocycles. The zero-order valence-corrected chi connectivity index (χ0v) is 14.5. The lowest BCUT2D eigenvalue weighted by atomic mass is 10.1. The first-order valence-electron chi connectivity index (χ1n) is 7.15. The SMILES string of the molecule is O=C1CSC(=Nc2c(Cl)cccc2Cl)N1CCc1ccccc1. The van der Waals surface area contributed by atoms with E-state index in [9.17, 15) is 4.79 Å². The number of aliphatic imine (C=N–C) groups is 1. The zero-order chi connectivity index (χ0) is 16.2. The summed E-state index contributed by atoms with van der Waals surface area (Å²) in [6.07, 6.45) is 0.780. The quantitative estimate of drug-likeness (QED) is 0.780. The highest BCUT2D eigenvalue weighted by atomic mass is 35.5. The summed E-state index contributed by atoms with van der Waals surface area (Å²) in [4.78, 5) is 18.4. The van der Waals surface area contributed by atoms with Gasteiger partial charge < -0.3 is 0 Å². The molecule has 118 valence electrons. The molecule has 1 heterocycles. The molecule has 2 aromatic rings. The molecule has 23 heavy (non-hydrogen) atoms. The second kappa shape index (κ2) is 7.39. The van der Waals surface area contributed by atoms with E-state index in [1.54, 1.807) is 23.1 Å². The van der Waals surface area contributed by atoms with Crippen LogP contribution in [-0.2, 0) is 11.2 Å². The van der Waals surface area contributed by atoms with Crippen molar-refractivity contribution in [1.29, 1.82) is 0 Å². The van der Waals surface area contributed by atoms with E-state index in [-0.39, 0.29) is 5.91 Å². The Morgan fingerprint density at radius 2 is 1.74 bits per heavy atom. The molecule has 1 fully saturated rings. The first-order valence-corrected chi connectivity index (χ1v) is 8.89. The van der Waals surface area contributed by atoms with Gasteiger partial charge in [-0.1, -0.05) is 71.4 Å². The fourth-order valence-corrected chi connectivity index (χ4v) is 3.67. The van der Waals surface area contributed by atoms with Gasteiger partial charge in [-0.25, -0.2) is 4.99 Å². The van der Waals surface area contributed by atoms with Crippen LogP contribution in [0.1, 0.15) is 5.56 Å². The van der Waals surface area contributed by atoms with E-state index < -0.39 is 0 Å². The minimum atomic E-state index is 0.0628. The summed E-state index contributed by atoms with van der Waals surface area (Å²) in [5, 5.41) is 1.61. The van der Waals surface area contributed by atoms with Crippen LogP contribution >= 0.6 is 35.0 Å². The average Bonchev–Trinajstić information content (AvgIpc) is 2.90. The van der Waals surface area contributed by atoms with Gasteiger partial charge in [-0.3, -0.25) is 9.69 Å². The molecule has 3 nitrogen and oxygen atoms in total. The average molecular weight is 365 g/mol. The number of carbonyl (C=O) groups is 1. The van der Waals surface area contributed by atoms with E-state index in [1.165, 1.54) is 17.3 Å². The van der Waals surface area contributed by atoms with Crippen molar-refractivity contribution < 1.29 is 4.79 Å². The van der Waals surface area contributed by atoms with E-state index >= 15 is 0 Å². The fourth-order valence-electron chi connectivity index (χ4n) is 2.28. The van der Waals surface area contributed by atoms with E-state index in [2.05, 4.69) is 17.1 Å². The number of rotatable bonds is 4. The Balaban J connectivity index is 1.81. The number of hydrogen-bond donors (Lipinski definition) is 0. The van der Waals surface area contributed by atoms with Crippen molar-refractivity contribution in [3.8, 4) is 0 Å². The van der Waals surface area contributed by atoms with E-state index in [4.69, 9.17) is 23.2 Å². The molecular formula is C17H14Cl2N2OS. The van der Waals surface area contributed by atoms with Crippen LogP contribution < -0.4 is 0 Å². The van der Waals surface area contributed by atoms with Crippen molar-refractivity contribution in [3.05, 3.63) is 64.1 Å². The molecular weight excluding hydrogens is 351 g/mol. The molecule has 0 aromatic heterocycles. The van der Waals surface area contributed by atoms with Crippen molar-refractivity contribution in [3.63, 3.8) is 0 Å². The lowest BCUT2D eigenvalue weighted by Crippen LogP contribution is -2.31. The van der Waals surface area contributed by atoms with Crippen LogP contribution in [0.4, 0.5) is 5.69 Å². The largest absolute Gasteiger partial charge is 0.290 e. The van der Waals surface area contributed by atoms with E-state index in [0.717, 1.165) is 6.42 Å². The summed E-state index contributed by atoms with van der Waals surface area (Å²) >= 11 is 13.7. The molecule has 0 atom stereocenters. The van der Waals surface area contributed by atoms with Gasteiger partial charge in [0.2, 0.25) is 5.91 Å². The standard InChI is InChI=1S/C17H14Cl2N2OS/c18-13-7-4-8-14(19)16(13)20-17-21(15(22)11-23-17)10-9-12-5-2-1-3-6-12/h1-8H,9-11H2. The number of hydrogen-bond acceptors (Lipinski definition) is 3. The van der Waals surface area contributed by atoms with Gasteiger partial charge in [0.25, 0.3) is 0 Å². The Hall–Kier alpha value is -1.49. The number of thioether (sulfide) groups is 1. The molecule has 1 aliphatic rings. The lowest BCUT2D eigenvalue weighted by Gasteiger charge is -2.16. The van der Waals surface area contributed by atoms with Gasteiger partial charge in [0.05, 0.1) is 15.8 Å². The number of benzene rings is 2. The maximum Gasteiger partial charge on any atom is 0.239 e. The van der Waals surface area contributed by atoms with Gasteiger partial charge in [-0.05, 0) is 24.1 Å². The fraction of sp³-hybridized carbons (Fsp3) is 0.176. The third-order valence-corrected chi connectivity index (χ3v) is 5.04. The highest BCUT2D eigenvalue weighted by molar-refractivity contribution is 8.15. The number of para-hydroxylation sites is 1. The Morgan fingerprint density at radius 1 is 1.04 bits per heavy atom. The van der Waals surface area contributed by atoms with Crippen molar-refractivity contribution >= 4 is 51.7 Å². The molecule has 0 radical (unpaired) electrons. The van der Waals surface area contributed by atoms with Crippen LogP contribution in [0.2, 0.25) is 10.0 Å². The molecule has 2 aromatic carbocycles. The number of nitrogens with zero attached hydrogens (tertiary/aromatic N) is 2. The topological polar surface area (TPSA) is 32.7 Å². The molecule has 0 unspecified atom stereocenters. The van der Waals surface area contributed by atoms with Gasteiger partial charge in [-0.2, -0.15) is 0 Å². The highest BCUT2D eigenvalue weighted by Gasteiger charge is 2.28. The normalized spacial score (nSPS) is 16.3. The molecule has 6 heteroatoms. The summed E-state index contributed by atoms with van der Waals surface area (Å²) < 4.78 is 0. The second-order valence-corrected chi connectivity index (χ2v) is 6.79. The number of amides is 1. The van der Waals surface area contributed by atoms with Gasteiger partial charge in [-0.15, -0.1) is 0 Å². The third kappa shape index (κ3) is 3.89. The first kappa shape index (κ1) is 16.4. The molecule has 0 aliphatic carbocycles. The molecule has 3 rings (SSSR count). The molecule has 0 spiro atoms. The van der Waals surface area contributed by atoms with Gasteiger partial charge >= 0.3 is 0 Å². The molecule has 1 aliphatic heterocycles. The highest BCUT2D eigenvalue weighted by Crippen LogP contribution is 2.35. The minimum absolute atomic E-state index is 0.0628. The summed E-state index contributed by atoms with van der Waals surface area (Å²) in [7, 11) is 0.